The maximum absolute atomic E-state index is 12.0. The van der Waals surface area contributed by atoms with Crippen molar-refractivity contribution in [1.82, 2.24) is 9.55 Å². The normalized spacial score (nSPS) is 17.4. The van der Waals surface area contributed by atoms with Crippen LogP contribution in [0.25, 0.3) is 11.0 Å². The van der Waals surface area contributed by atoms with Crippen LogP contribution in [0.2, 0.25) is 5.02 Å². The lowest BCUT2D eigenvalue weighted by Gasteiger charge is -2.21. The number of benzene rings is 1. The van der Waals surface area contributed by atoms with Gasteiger partial charge in [0.05, 0.1) is 11.0 Å². The number of aromatic nitrogens is 2. The zero-order valence-corrected chi connectivity index (χ0v) is 11.6. The van der Waals surface area contributed by atoms with E-state index in [1.54, 1.807) is 0 Å². The molecule has 0 saturated carbocycles. The molecule has 0 unspecified atom stereocenters. The van der Waals surface area contributed by atoms with Crippen molar-refractivity contribution in [3.63, 3.8) is 0 Å². The van der Waals surface area contributed by atoms with Gasteiger partial charge in [-0.2, -0.15) is 11.8 Å². The molecule has 18 heavy (non-hydrogen) atoms. The van der Waals surface area contributed by atoms with Crippen LogP contribution in [0.15, 0.2) is 23.0 Å². The van der Waals surface area contributed by atoms with E-state index in [1.165, 1.54) is 24.3 Å². The summed E-state index contributed by atoms with van der Waals surface area (Å²) in [5, 5.41) is 0.657. The highest BCUT2D eigenvalue weighted by atomic mass is 35.5. The van der Waals surface area contributed by atoms with Crippen molar-refractivity contribution in [2.45, 2.75) is 19.4 Å². The lowest BCUT2D eigenvalue weighted by Crippen LogP contribution is -2.23. The summed E-state index contributed by atoms with van der Waals surface area (Å²) in [4.78, 5) is 14.9. The molecule has 2 aromatic rings. The van der Waals surface area contributed by atoms with Crippen molar-refractivity contribution in [3.8, 4) is 0 Å². The molecule has 0 amide bonds. The van der Waals surface area contributed by atoms with Crippen LogP contribution in [-0.4, -0.2) is 21.1 Å². The molecule has 1 aliphatic heterocycles. The molecule has 0 radical (unpaired) electrons. The van der Waals surface area contributed by atoms with Gasteiger partial charge in [-0.25, -0.2) is 4.79 Å². The molecule has 1 N–H and O–H groups in total. The summed E-state index contributed by atoms with van der Waals surface area (Å²) in [6.45, 7) is 0.820. The van der Waals surface area contributed by atoms with Crippen LogP contribution in [-0.2, 0) is 6.54 Å². The predicted octanol–water partition coefficient (Wildman–Crippen LogP) is 3.13. The van der Waals surface area contributed by atoms with Gasteiger partial charge in [-0.1, -0.05) is 11.6 Å². The van der Waals surface area contributed by atoms with E-state index in [9.17, 15) is 4.79 Å². The molecule has 5 heteroatoms. The van der Waals surface area contributed by atoms with Gasteiger partial charge in [0.25, 0.3) is 0 Å². The van der Waals surface area contributed by atoms with Crippen LogP contribution in [0, 0.1) is 5.92 Å². The van der Waals surface area contributed by atoms with Gasteiger partial charge in [-0.05, 0) is 48.5 Å². The monoisotopic (exact) mass is 282 g/mol. The number of imidazole rings is 1. The molecule has 0 bridgehead atoms. The van der Waals surface area contributed by atoms with Gasteiger partial charge >= 0.3 is 5.69 Å². The van der Waals surface area contributed by atoms with Gasteiger partial charge in [0, 0.05) is 11.6 Å². The van der Waals surface area contributed by atoms with Gasteiger partial charge < -0.3 is 4.98 Å². The van der Waals surface area contributed by atoms with Gasteiger partial charge in [0.2, 0.25) is 0 Å². The minimum atomic E-state index is -0.0227. The fourth-order valence-electron chi connectivity index (χ4n) is 2.50. The molecule has 0 atom stereocenters. The molecule has 3 nitrogen and oxygen atoms in total. The van der Waals surface area contributed by atoms with Crippen molar-refractivity contribution in [2.24, 2.45) is 5.92 Å². The first kappa shape index (κ1) is 12.2. The number of aromatic amines is 1. The third kappa shape index (κ3) is 2.31. The Morgan fingerprint density at radius 1 is 1.39 bits per heavy atom. The van der Waals surface area contributed by atoms with Crippen LogP contribution in [0.4, 0.5) is 0 Å². The molecule has 1 aromatic heterocycles. The zero-order chi connectivity index (χ0) is 12.5. The number of H-pyrrole nitrogens is 1. The molecule has 0 aliphatic carbocycles. The molecule has 1 saturated heterocycles. The highest BCUT2D eigenvalue weighted by molar-refractivity contribution is 7.99. The second kappa shape index (κ2) is 5.02. The number of hydrogen-bond donors (Lipinski definition) is 1. The Kier molecular flexibility index (Phi) is 3.39. The lowest BCUT2D eigenvalue weighted by molar-refractivity contribution is 0.417. The maximum Gasteiger partial charge on any atom is 0.326 e. The largest absolute Gasteiger partial charge is 0.326 e. The summed E-state index contributed by atoms with van der Waals surface area (Å²) in [6, 6.07) is 5.57. The summed E-state index contributed by atoms with van der Waals surface area (Å²) >= 11 is 7.95. The van der Waals surface area contributed by atoms with Crippen LogP contribution in [0.5, 0.6) is 0 Å². The molecule has 1 fully saturated rings. The third-order valence-corrected chi connectivity index (χ3v) is 4.80. The fraction of sp³-hybridized carbons (Fsp3) is 0.462. The van der Waals surface area contributed by atoms with Crippen LogP contribution < -0.4 is 5.69 Å². The standard InChI is InChI=1S/C13H15ClN2OS/c14-10-1-2-12-11(7-10)15-13(17)16(12)8-9-3-5-18-6-4-9/h1-2,7,9H,3-6,8H2,(H,15,17). The molecular formula is C13H15ClN2OS. The van der Waals surface area contributed by atoms with Crippen molar-refractivity contribution < 1.29 is 0 Å². The summed E-state index contributed by atoms with van der Waals surface area (Å²) in [6.07, 6.45) is 2.41. The first-order chi connectivity index (χ1) is 8.74. The van der Waals surface area contributed by atoms with Crippen molar-refractivity contribution in [1.29, 1.82) is 0 Å². The second-order valence-electron chi connectivity index (χ2n) is 4.76. The maximum atomic E-state index is 12.0. The number of nitrogens with one attached hydrogen (secondary N) is 1. The molecule has 2 heterocycles. The Morgan fingerprint density at radius 2 is 2.17 bits per heavy atom. The van der Waals surface area contributed by atoms with E-state index in [4.69, 9.17) is 11.6 Å². The fourth-order valence-corrected chi connectivity index (χ4v) is 3.88. The minimum Gasteiger partial charge on any atom is -0.305 e. The Morgan fingerprint density at radius 3 is 2.94 bits per heavy atom. The number of thioether (sulfide) groups is 1. The van der Waals surface area contributed by atoms with Crippen LogP contribution in [0.1, 0.15) is 12.8 Å². The van der Waals surface area contributed by atoms with Gasteiger partial charge in [-0.3, -0.25) is 4.57 Å². The van der Waals surface area contributed by atoms with E-state index in [-0.39, 0.29) is 5.69 Å². The topological polar surface area (TPSA) is 37.8 Å². The smallest absolute Gasteiger partial charge is 0.305 e. The van der Waals surface area contributed by atoms with E-state index < -0.39 is 0 Å². The lowest BCUT2D eigenvalue weighted by atomic mass is 10.0. The number of fused-ring (bicyclic) bond motifs is 1. The van der Waals surface area contributed by atoms with Gasteiger partial charge in [0.1, 0.15) is 0 Å². The number of halogens is 1. The SMILES string of the molecule is O=c1[nH]c2cc(Cl)ccc2n1CC1CCSCC1. The molecule has 96 valence electrons. The van der Waals surface area contributed by atoms with Gasteiger partial charge in [0.15, 0.2) is 0 Å². The third-order valence-electron chi connectivity index (χ3n) is 3.52. The Balaban J connectivity index is 1.95. The van der Waals surface area contributed by atoms with E-state index in [0.717, 1.165) is 17.6 Å². The summed E-state index contributed by atoms with van der Waals surface area (Å²) in [7, 11) is 0. The predicted molar refractivity (Wildman–Crippen MR) is 77.6 cm³/mol. The van der Waals surface area contributed by atoms with Crippen LogP contribution in [0.3, 0.4) is 0 Å². The summed E-state index contributed by atoms with van der Waals surface area (Å²) in [5.41, 5.74) is 1.77. The Bertz CT molecular complexity index is 613. The van der Waals surface area contributed by atoms with Crippen molar-refractivity contribution in [3.05, 3.63) is 33.7 Å². The zero-order valence-electron chi connectivity index (χ0n) is 9.99. The van der Waals surface area contributed by atoms with E-state index in [0.29, 0.717) is 10.9 Å². The van der Waals surface area contributed by atoms with Gasteiger partial charge in [-0.15, -0.1) is 0 Å². The summed E-state index contributed by atoms with van der Waals surface area (Å²) < 4.78 is 1.85. The quantitative estimate of drug-likeness (QED) is 0.919. The first-order valence-electron chi connectivity index (χ1n) is 6.20. The van der Waals surface area contributed by atoms with E-state index in [1.807, 2.05) is 34.5 Å². The van der Waals surface area contributed by atoms with Crippen molar-refractivity contribution >= 4 is 34.4 Å². The molecule has 1 aliphatic rings. The molecular weight excluding hydrogens is 268 g/mol. The van der Waals surface area contributed by atoms with Crippen molar-refractivity contribution in [2.75, 3.05) is 11.5 Å². The van der Waals surface area contributed by atoms with Crippen LogP contribution >= 0.6 is 23.4 Å². The Labute approximate surface area is 115 Å². The second-order valence-corrected chi connectivity index (χ2v) is 6.42. The number of nitrogens with zero attached hydrogens (tertiary/aromatic N) is 1. The molecule has 3 rings (SSSR count). The summed E-state index contributed by atoms with van der Waals surface area (Å²) in [5.74, 6) is 3.06. The highest BCUT2D eigenvalue weighted by Gasteiger charge is 2.16. The minimum absolute atomic E-state index is 0.0227. The van der Waals surface area contributed by atoms with E-state index >= 15 is 0 Å². The average molecular weight is 283 g/mol. The number of hydrogen-bond acceptors (Lipinski definition) is 2. The Hall–Kier alpha value is -0.870. The molecule has 0 spiro atoms. The number of rotatable bonds is 2. The highest BCUT2D eigenvalue weighted by Crippen LogP contribution is 2.25. The molecule has 1 aromatic carbocycles. The average Bonchev–Trinajstić information content (AvgIpc) is 2.66. The first-order valence-corrected chi connectivity index (χ1v) is 7.73. The van der Waals surface area contributed by atoms with E-state index in [2.05, 4.69) is 4.98 Å².